The van der Waals surface area contributed by atoms with Gasteiger partial charge in [-0.2, -0.15) is 0 Å². The van der Waals surface area contributed by atoms with Crippen LogP contribution in [-0.4, -0.2) is 34.9 Å². The first-order valence-corrected chi connectivity index (χ1v) is 9.23. The van der Waals surface area contributed by atoms with Crippen molar-refractivity contribution in [1.82, 2.24) is 10.2 Å². The first kappa shape index (κ1) is 14.8. The Bertz CT molecular complexity index is 269. The summed E-state index contributed by atoms with van der Waals surface area (Å²) < 4.78 is 1.27. The zero-order chi connectivity index (χ0) is 12.5. The van der Waals surface area contributed by atoms with E-state index in [1.54, 1.807) is 0 Å². The maximum absolute atomic E-state index is 11.9. The third-order valence-electron chi connectivity index (χ3n) is 2.64. The molecule has 0 aliphatic carbocycles. The normalized spacial score (nSPS) is 28.0. The van der Waals surface area contributed by atoms with E-state index in [9.17, 15) is 4.79 Å². The Balaban J connectivity index is 2.86. The van der Waals surface area contributed by atoms with Crippen molar-refractivity contribution in [3.05, 3.63) is 0 Å². The van der Waals surface area contributed by atoms with Crippen LogP contribution in [0, 0.1) is 0 Å². The van der Waals surface area contributed by atoms with Crippen LogP contribution in [0.15, 0.2) is 0 Å². The summed E-state index contributed by atoms with van der Waals surface area (Å²) in [5, 5.41) is 3.26. The van der Waals surface area contributed by atoms with E-state index < -0.39 is 0 Å². The first-order valence-electron chi connectivity index (χ1n) is 5.66. The van der Waals surface area contributed by atoms with Gasteiger partial charge in [-0.1, -0.05) is 0 Å². The molecule has 3 nitrogen and oxygen atoms in total. The standard InChI is InChI=1S/C11H21I2N2O/c1-7(2)13-11(9(5)12)6-15(8(3)4)10(16)14-11/h7-9H,6H2,1-5H3,(H,14,16)/q-1. The van der Waals surface area contributed by atoms with Gasteiger partial charge in [-0.15, -0.1) is 0 Å². The molecule has 1 fully saturated rings. The number of halogens is 2. The Kier molecular flexibility index (Phi) is 5.16. The van der Waals surface area contributed by atoms with Crippen molar-refractivity contribution in [1.29, 1.82) is 0 Å². The fourth-order valence-corrected chi connectivity index (χ4v) is 6.72. The summed E-state index contributed by atoms with van der Waals surface area (Å²) >= 11 is 2.43. The fourth-order valence-electron chi connectivity index (χ4n) is 1.79. The quantitative estimate of drug-likeness (QED) is 0.347. The molecule has 1 N–H and O–H groups in total. The number of carbonyl (C=O) groups excluding carboxylic acids is 1. The van der Waals surface area contributed by atoms with Crippen molar-refractivity contribution in [2.45, 2.75) is 52.1 Å². The van der Waals surface area contributed by atoms with Crippen LogP contribution in [0.25, 0.3) is 0 Å². The number of amides is 2. The molecule has 0 aromatic rings. The molecule has 2 unspecified atom stereocenters. The Morgan fingerprint density at radius 3 is 2.25 bits per heavy atom. The molecule has 2 atom stereocenters. The molecule has 0 bridgehead atoms. The summed E-state index contributed by atoms with van der Waals surface area (Å²) in [4.78, 5) is 13.9. The number of hydrogen-bond acceptors (Lipinski definition) is 1. The predicted molar refractivity (Wildman–Crippen MR) is 71.7 cm³/mol. The Hall–Kier alpha value is 0.730. The zero-order valence-corrected chi connectivity index (χ0v) is 14.9. The Labute approximate surface area is 123 Å². The van der Waals surface area contributed by atoms with Gasteiger partial charge in [0.15, 0.2) is 0 Å². The van der Waals surface area contributed by atoms with Gasteiger partial charge in [0.05, 0.1) is 0 Å². The van der Waals surface area contributed by atoms with Gasteiger partial charge in [0.25, 0.3) is 0 Å². The SMILES string of the molecule is CC(C)[I-]C1(C(C)I)CN(C(C)C)C(=O)N1. The molecule has 1 rings (SSSR count). The van der Waals surface area contributed by atoms with Crippen LogP contribution in [0.1, 0.15) is 34.6 Å². The van der Waals surface area contributed by atoms with Gasteiger partial charge in [0, 0.05) is 0 Å². The third kappa shape index (κ3) is 3.14. The minimum atomic E-state index is -0.0264. The number of rotatable bonds is 4. The third-order valence-corrected chi connectivity index (χ3v) is 8.80. The average Bonchev–Trinajstić information content (AvgIpc) is 2.42. The van der Waals surface area contributed by atoms with Gasteiger partial charge < -0.3 is 0 Å². The molecule has 1 aliphatic heterocycles. The number of hydrogen-bond donors (Lipinski definition) is 1. The van der Waals surface area contributed by atoms with Crippen LogP contribution in [0.3, 0.4) is 0 Å². The van der Waals surface area contributed by atoms with E-state index in [1.165, 1.54) is 0 Å². The van der Waals surface area contributed by atoms with E-state index in [-0.39, 0.29) is 30.8 Å². The van der Waals surface area contributed by atoms with E-state index in [4.69, 9.17) is 0 Å². The molecule has 2 amide bonds. The number of alkyl halides is 3. The number of nitrogens with one attached hydrogen (secondary N) is 1. The van der Waals surface area contributed by atoms with Crippen LogP contribution in [0.4, 0.5) is 4.79 Å². The van der Waals surface area contributed by atoms with Crippen LogP contribution in [0.2, 0.25) is 0 Å². The van der Waals surface area contributed by atoms with Crippen LogP contribution in [0.5, 0.6) is 0 Å². The summed E-state index contributed by atoms with van der Waals surface area (Å²) in [7, 11) is 0. The Morgan fingerprint density at radius 1 is 1.38 bits per heavy atom. The predicted octanol–water partition coefficient (Wildman–Crippen LogP) is -0.563. The van der Waals surface area contributed by atoms with Gasteiger partial charge >= 0.3 is 123 Å². The monoisotopic (exact) mass is 451 g/mol. The molecule has 1 heterocycles. The summed E-state index contributed by atoms with van der Waals surface area (Å²) in [5.74, 6) is 0. The summed E-state index contributed by atoms with van der Waals surface area (Å²) in [6.07, 6.45) is 0. The average molecular weight is 451 g/mol. The number of carbonyl (C=O) groups is 1. The van der Waals surface area contributed by atoms with E-state index in [2.05, 4.69) is 62.5 Å². The van der Waals surface area contributed by atoms with Gasteiger partial charge in [-0.3, -0.25) is 0 Å². The molecule has 96 valence electrons. The second kappa shape index (κ2) is 5.58. The van der Waals surface area contributed by atoms with Gasteiger partial charge in [-0.25, -0.2) is 0 Å². The first-order chi connectivity index (χ1) is 7.28. The summed E-state index contributed by atoms with van der Waals surface area (Å²) in [6, 6.07) is 0.423. The van der Waals surface area contributed by atoms with E-state index in [0.717, 1.165) is 6.54 Å². The molecular weight excluding hydrogens is 430 g/mol. The maximum atomic E-state index is 11.9. The molecule has 0 saturated carbocycles. The van der Waals surface area contributed by atoms with E-state index in [1.807, 2.05) is 4.90 Å². The van der Waals surface area contributed by atoms with Crippen LogP contribution < -0.4 is 26.5 Å². The minimum absolute atomic E-state index is 0.0264. The van der Waals surface area contributed by atoms with Crippen molar-refractivity contribution >= 4 is 28.6 Å². The van der Waals surface area contributed by atoms with Crippen molar-refractivity contribution in [2.24, 2.45) is 0 Å². The molecule has 5 heteroatoms. The molecule has 0 radical (unpaired) electrons. The van der Waals surface area contributed by atoms with E-state index in [0.29, 0.717) is 13.9 Å². The van der Waals surface area contributed by atoms with Crippen molar-refractivity contribution in [3.8, 4) is 0 Å². The number of urea groups is 1. The molecule has 0 spiro atoms. The molecule has 0 aromatic heterocycles. The van der Waals surface area contributed by atoms with E-state index >= 15 is 0 Å². The van der Waals surface area contributed by atoms with Gasteiger partial charge in [-0.05, 0) is 0 Å². The fraction of sp³-hybridized carbons (Fsp3) is 0.909. The second-order valence-electron chi connectivity index (χ2n) is 4.75. The number of nitrogens with zero attached hydrogens (tertiary/aromatic N) is 1. The zero-order valence-electron chi connectivity index (χ0n) is 10.6. The molecule has 16 heavy (non-hydrogen) atoms. The molecule has 1 saturated heterocycles. The Morgan fingerprint density at radius 2 is 1.94 bits per heavy atom. The van der Waals surface area contributed by atoms with Crippen molar-refractivity contribution < 1.29 is 26.0 Å². The van der Waals surface area contributed by atoms with Crippen molar-refractivity contribution in [2.75, 3.05) is 6.54 Å². The molecular formula is C11H21I2N2O-. The topological polar surface area (TPSA) is 32.3 Å². The van der Waals surface area contributed by atoms with Gasteiger partial charge in [0.1, 0.15) is 0 Å². The second-order valence-corrected chi connectivity index (χ2v) is 11.7. The summed E-state index contributed by atoms with van der Waals surface area (Å²) in [6.45, 7) is 11.8. The molecule has 0 aromatic carbocycles. The van der Waals surface area contributed by atoms with Crippen molar-refractivity contribution in [3.63, 3.8) is 0 Å². The van der Waals surface area contributed by atoms with Crippen LogP contribution in [-0.2, 0) is 0 Å². The summed E-state index contributed by atoms with van der Waals surface area (Å²) in [5.41, 5.74) is 0. The van der Waals surface area contributed by atoms with Crippen LogP contribution >= 0.6 is 22.6 Å². The van der Waals surface area contributed by atoms with Gasteiger partial charge in [0.2, 0.25) is 0 Å². The molecule has 1 aliphatic rings.